The second kappa shape index (κ2) is 36.3. The number of methoxy groups -OCH3 is 1. The van der Waals surface area contributed by atoms with E-state index in [0.29, 0.717) is 181 Å². The van der Waals surface area contributed by atoms with Gasteiger partial charge in [-0.25, -0.2) is 0 Å². The lowest BCUT2D eigenvalue weighted by atomic mass is 9.95. The molecule has 0 spiro atoms. The molecule has 6 saturated heterocycles. The number of hydrogen-bond donors (Lipinski definition) is 0. The molecule has 0 bridgehead atoms. The van der Waals surface area contributed by atoms with E-state index in [1.807, 2.05) is 31.2 Å². The summed E-state index contributed by atoms with van der Waals surface area (Å²) in [6.45, 7) is 23.8. The maximum absolute atomic E-state index is 13.3. The molecule has 3 aromatic carbocycles. The Hall–Kier alpha value is -9.96. The number of nitriles is 3. The largest absolute Gasteiger partial charge is 0.493 e. The van der Waals surface area contributed by atoms with Crippen molar-refractivity contribution in [2.45, 2.75) is 139 Å². The zero-order chi connectivity index (χ0) is 82.7. The van der Waals surface area contributed by atoms with Gasteiger partial charge in [0.05, 0.1) is 126 Å². The average Bonchev–Trinajstić information content (AvgIpc) is 0.901. The number of halogens is 4. The van der Waals surface area contributed by atoms with Crippen LogP contribution in [0.3, 0.4) is 0 Å². The first-order valence-electron chi connectivity index (χ1n) is 40.8. The van der Waals surface area contributed by atoms with Gasteiger partial charge in [-0.2, -0.15) is 45.7 Å². The van der Waals surface area contributed by atoms with Gasteiger partial charge in [0, 0.05) is 137 Å². The highest BCUT2D eigenvalue weighted by Gasteiger charge is 2.42. The van der Waals surface area contributed by atoms with Gasteiger partial charge in [0.1, 0.15) is 37.3 Å². The molecule has 8 atom stereocenters. The van der Waals surface area contributed by atoms with Crippen LogP contribution in [0.5, 0.6) is 23.8 Å². The fraction of sp³-hybridized carbons (Fsp3) is 0.512. The van der Waals surface area contributed by atoms with E-state index >= 15 is 0 Å². The van der Waals surface area contributed by atoms with E-state index in [2.05, 4.69) is 121 Å². The van der Waals surface area contributed by atoms with Crippen molar-refractivity contribution < 1.29 is 33.3 Å². The Bertz CT molecular complexity index is 4980. The minimum Gasteiger partial charge on any atom is -0.493 e. The van der Waals surface area contributed by atoms with Gasteiger partial charge >= 0.3 is 18.0 Å². The third-order valence-electron chi connectivity index (χ3n) is 25.5. The van der Waals surface area contributed by atoms with Crippen LogP contribution in [0, 0.1) is 40.9 Å². The third kappa shape index (κ3) is 17.3. The van der Waals surface area contributed by atoms with Crippen molar-refractivity contribution >= 4 is 98.6 Å². The highest BCUT2D eigenvalue weighted by atomic mass is 35.5. The Labute approximate surface area is 710 Å². The van der Waals surface area contributed by atoms with Crippen molar-refractivity contribution in [2.24, 2.45) is 0 Å². The fourth-order valence-corrected chi connectivity index (χ4v) is 19.9. The first kappa shape index (κ1) is 83.1. The van der Waals surface area contributed by atoms with Crippen molar-refractivity contribution in [3.05, 3.63) is 151 Å². The zero-order valence-corrected chi connectivity index (χ0v) is 70.7. The molecule has 0 saturated carbocycles. The second-order valence-electron chi connectivity index (χ2n) is 32.4. The maximum atomic E-state index is 13.3. The number of hydrogen-bond acceptors (Lipinski definition) is 25. The zero-order valence-electron chi connectivity index (χ0n) is 67.7. The SMILES string of the molecule is C=CC(=O)N1CCN(c2nc(OC[C@@H]3CC(c4cc(Cl)c(Cl)c(N5CCc6c(nc(OC[C@@H]7CC(c8cc(Cl)c(OC)c(N9CCc%10c(nc(OC[C@@H]%11CCCN%11C)nc%10N%10CCN(C(=O)C=C)[C@@H](CC#N)C%10)C9)c8)CN7C)nc6N6CCN(C(=O)C=C)[C@@H](CC#N)C6)C5)c4)CN3C)nc3c2CCN(c2cccc(Cl)c2C)C3)C[C@@H]1CC#N. The molecule has 6 aromatic rings. The molecule has 12 heterocycles. The van der Waals surface area contributed by atoms with Crippen LogP contribution in [-0.2, 0) is 53.3 Å². The number of nitrogens with zero attached hydrogens (tertiary/aromatic N) is 21. The summed E-state index contributed by atoms with van der Waals surface area (Å²) in [4.78, 5) is 95.8. The predicted molar refractivity (Wildman–Crippen MR) is 455 cm³/mol. The fourth-order valence-electron chi connectivity index (χ4n) is 19.0. The maximum Gasteiger partial charge on any atom is 0.318 e. The number of aromatic nitrogens is 6. The quantitative estimate of drug-likeness (QED) is 0.0509. The van der Waals surface area contributed by atoms with Crippen LogP contribution in [0.15, 0.2) is 80.4 Å². The lowest BCUT2D eigenvalue weighted by Crippen LogP contribution is -2.55. The van der Waals surface area contributed by atoms with Crippen molar-refractivity contribution in [3.63, 3.8) is 0 Å². The van der Waals surface area contributed by atoms with Crippen LogP contribution in [0.4, 0.5) is 34.5 Å². The summed E-state index contributed by atoms with van der Waals surface area (Å²) in [7, 11) is 7.97. The van der Waals surface area contributed by atoms with E-state index in [9.17, 15) is 30.2 Å². The molecule has 0 aliphatic carbocycles. The molecule has 118 heavy (non-hydrogen) atoms. The van der Waals surface area contributed by atoms with Crippen LogP contribution in [0.2, 0.25) is 20.1 Å². The monoisotopic (exact) mass is 1680 g/mol. The third-order valence-corrected chi connectivity index (χ3v) is 27.0. The van der Waals surface area contributed by atoms with Gasteiger partial charge in [0.15, 0.2) is 5.75 Å². The Balaban J connectivity index is 0.659. The summed E-state index contributed by atoms with van der Waals surface area (Å²) in [5, 5.41) is 32.0. The molecule has 28 nitrogen and oxygen atoms in total. The van der Waals surface area contributed by atoms with Crippen LogP contribution >= 0.6 is 46.4 Å². The number of likely N-dealkylation sites (tertiary alicyclic amines) is 3. The van der Waals surface area contributed by atoms with Crippen molar-refractivity contribution in [3.8, 4) is 42.0 Å². The topological polar surface area (TPSA) is 276 Å². The van der Waals surface area contributed by atoms with Gasteiger partial charge in [-0.15, -0.1) is 0 Å². The van der Waals surface area contributed by atoms with Gasteiger partial charge in [0.2, 0.25) is 17.7 Å². The number of carbonyl (C=O) groups is 3. The van der Waals surface area contributed by atoms with Crippen molar-refractivity contribution in [1.29, 1.82) is 15.8 Å². The van der Waals surface area contributed by atoms with Gasteiger partial charge < -0.3 is 67.9 Å². The Morgan fingerprint density at radius 2 is 0.881 bits per heavy atom. The highest BCUT2D eigenvalue weighted by molar-refractivity contribution is 6.43. The molecule has 2 unspecified atom stereocenters. The lowest BCUT2D eigenvalue weighted by molar-refractivity contribution is -0.129. The Morgan fingerprint density at radius 1 is 0.475 bits per heavy atom. The molecule has 9 aliphatic rings. The van der Waals surface area contributed by atoms with Gasteiger partial charge in [-0.05, 0) is 163 Å². The number of carbonyl (C=O) groups excluding carboxylic acids is 3. The van der Waals surface area contributed by atoms with Crippen LogP contribution in [0.25, 0.3) is 0 Å². The first-order valence-corrected chi connectivity index (χ1v) is 42.4. The summed E-state index contributed by atoms with van der Waals surface area (Å²) in [5.74, 6) is 2.26. The van der Waals surface area contributed by atoms with Crippen molar-refractivity contribution in [2.75, 3.05) is 176 Å². The molecule has 3 aromatic heterocycles. The summed E-state index contributed by atoms with van der Waals surface area (Å²) in [6.07, 6.45) is 9.79. The molecule has 15 rings (SSSR count). The summed E-state index contributed by atoms with van der Waals surface area (Å²) in [5.41, 5.74) is 11.1. The normalized spacial score (nSPS) is 22.9. The molecule has 6 fully saturated rings. The molecule has 32 heteroatoms. The summed E-state index contributed by atoms with van der Waals surface area (Å²) in [6, 6.07) is 21.0. The number of amides is 3. The van der Waals surface area contributed by atoms with Gasteiger partial charge in [0.25, 0.3) is 0 Å². The van der Waals surface area contributed by atoms with Gasteiger partial charge in [-0.3, -0.25) is 24.2 Å². The minimum atomic E-state index is -0.409. The Morgan fingerprint density at radius 3 is 1.29 bits per heavy atom. The number of anilines is 6. The summed E-state index contributed by atoms with van der Waals surface area (Å²) < 4.78 is 26.2. The molecule has 9 aliphatic heterocycles. The number of ether oxygens (including phenoxy) is 4. The molecular formula is C86H101Cl4N21O7. The van der Waals surface area contributed by atoms with E-state index in [4.69, 9.17) is 95.3 Å². The molecule has 620 valence electrons. The standard InChI is InChI=1S/C86H101Cl4N21O7/c1-9-76(112)109-33-30-106(44-58(109)17-23-91)81-64-20-27-103(73-16-12-15-67(87)53(73)4)47-70(64)94-85(98-81)117-51-62-36-56(42-101(62)6)54-38-68(88)79(90)74(40-54)104-28-21-65-71(48-104)95-86(99-82(65)107-31-34-110(77(113)10-2)59(45-107)18-24-92)118-52-63-37-57(43-102(63)7)55-39-69(89)80(115-8)75(41-55)105-29-22-66-72(49-105)96-84(116-50-61-14-13-26-100(61)5)97-83(66)108-32-35-111(78(114)11-3)60(46-108)19-25-93/h9-12,15-16,38-41,56-63H,1-3,13-14,17-22,26-37,42-52H2,4-8H3/t56?,57?,58-,59-,60-,61-,62-,63-/m0/s1. The lowest BCUT2D eigenvalue weighted by Gasteiger charge is -2.42. The first-order chi connectivity index (χ1) is 57.1. The Kier molecular flexibility index (Phi) is 25.6. The number of piperazine rings is 3. The number of benzene rings is 3. The van der Waals surface area contributed by atoms with Crippen molar-refractivity contribution in [1.82, 2.24) is 59.3 Å². The van der Waals surface area contributed by atoms with E-state index in [1.165, 1.54) is 18.2 Å². The van der Waals surface area contributed by atoms with E-state index in [0.717, 1.165) is 111 Å². The molecular weight excluding hydrogens is 1580 g/mol. The minimum absolute atomic E-state index is 0.0293. The molecule has 0 N–H and O–H groups in total. The summed E-state index contributed by atoms with van der Waals surface area (Å²) >= 11 is 28.6. The highest BCUT2D eigenvalue weighted by Crippen LogP contribution is 2.47. The molecule has 0 radical (unpaired) electrons. The smallest absolute Gasteiger partial charge is 0.318 e. The van der Waals surface area contributed by atoms with Gasteiger partial charge in [-0.1, -0.05) is 72.2 Å². The second-order valence-corrected chi connectivity index (χ2v) is 34.0. The van der Waals surface area contributed by atoms with E-state index in [-0.39, 0.29) is 97.7 Å². The number of fused-ring (bicyclic) bond motifs is 3. The predicted octanol–water partition coefficient (Wildman–Crippen LogP) is 10.2. The van der Waals surface area contributed by atoms with Crippen LogP contribution < -0.4 is 48.3 Å². The van der Waals surface area contributed by atoms with E-state index in [1.54, 1.807) is 21.8 Å². The van der Waals surface area contributed by atoms with Crippen LogP contribution in [-0.4, -0.2) is 260 Å². The number of rotatable bonds is 24. The van der Waals surface area contributed by atoms with E-state index < -0.39 is 6.04 Å². The molecule has 3 amide bonds. The van der Waals surface area contributed by atoms with Crippen LogP contribution in [0.1, 0.15) is 107 Å². The number of likely N-dealkylation sites (N-methyl/N-ethyl adjacent to an activating group) is 3. The average molecular weight is 1680 g/mol.